The summed E-state index contributed by atoms with van der Waals surface area (Å²) in [5.41, 5.74) is 0.492. The van der Waals surface area contributed by atoms with Crippen molar-refractivity contribution in [3.8, 4) is 5.75 Å². The van der Waals surface area contributed by atoms with Crippen molar-refractivity contribution < 1.29 is 27.8 Å². The number of rotatable bonds is 9. The first kappa shape index (κ1) is 24.2. The second-order valence-electron chi connectivity index (χ2n) is 6.94. The van der Waals surface area contributed by atoms with Gasteiger partial charge in [-0.3, -0.25) is 4.79 Å². The van der Waals surface area contributed by atoms with E-state index in [9.17, 15) is 18.0 Å². The van der Waals surface area contributed by atoms with E-state index in [1.165, 1.54) is 12.1 Å². The Kier molecular flexibility index (Phi) is 8.26. The lowest BCUT2D eigenvalue weighted by Gasteiger charge is -2.18. The van der Waals surface area contributed by atoms with Crippen LogP contribution in [0.3, 0.4) is 0 Å². The molecule has 0 radical (unpaired) electrons. The maximum absolute atomic E-state index is 13.3. The van der Waals surface area contributed by atoms with Gasteiger partial charge in [0.1, 0.15) is 6.61 Å². The summed E-state index contributed by atoms with van der Waals surface area (Å²) in [6.45, 7) is 3.63. The van der Waals surface area contributed by atoms with Gasteiger partial charge in [-0.25, -0.2) is 0 Å². The first-order valence-corrected chi connectivity index (χ1v) is 10.1. The van der Waals surface area contributed by atoms with Crippen molar-refractivity contribution in [1.82, 2.24) is 0 Å². The smallest absolute Gasteiger partial charge is 0.416 e. The third-order valence-corrected chi connectivity index (χ3v) is 4.98. The van der Waals surface area contributed by atoms with Crippen molar-refractivity contribution in [1.29, 1.82) is 0 Å². The molecule has 0 aliphatic rings. The van der Waals surface area contributed by atoms with Crippen LogP contribution in [-0.2, 0) is 24.0 Å². The van der Waals surface area contributed by atoms with Gasteiger partial charge < -0.3 is 15.2 Å². The highest BCUT2D eigenvalue weighted by molar-refractivity contribution is 6.37. The van der Waals surface area contributed by atoms with E-state index in [0.717, 1.165) is 18.6 Å². The van der Waals surface area contributed by atoms with Crippen LogP contribution >= 0.6 is 23.2 Å². The fourth-order valence-electron chi connectivity index (χ4n) is 2.71. The molecule has 2 aromatic rings. The number of anilines is 1. The molecule has 0 aliphatic carbocycles. The number of aryl methyl sites for hydroxylation is 1. The molecular weight excluding hydrogens is 442 g/mol. The number of benzene rings is 2. The molecule has 0 saturated carbocycles. The van der Waals surface area contributed by atoms with Crippen LogP contribution in [0.2, 0.25) is 10.0 Å². The Hall–Kier alpha value is -2.12. The predicted octanol–water partition coefficient (Wildman–Crippen LogP) is 6.82. The summed E-state index contributed by atoms with van der Waals surface area (Å²) >= 11 is 12.4. The summed E-state index contributed by atoms with van der Waals surface area (Å²) in [5.74, 6) is -0.819. The topological polar surface area (TPSA) is 58.6 Å². The minimum Gasteiger partial charge on any atom is -0.486 e. The number of alkyl halides is 3. The maximum Gasteiger partial charge on any atom is 0.416 e. The largest absolute Gasteiger partial charge is 0.486 e. The van der Waals surface area contributed by atoms with Crippen LogP contribution in [-0.4, -0.2) is 17.1 Å². The number of halogens is 5. The summed E-state index contributed by atoms with van der Waals surface area (Å²) in [7, 11) is 0. The van der Waals surface area contributed by atoms with E-state index in [0.29, 0.717) is 16.8 Å². The highest BCUT2D eigenvalue weighted by Crippen LogP contribution is 2.36. The Morgan fingerprint density at radius 2 is 1.77 bits per heavy atom. The number of hydrogen-bond donors (Lipinski definition) is 2. The highest BCUT2D eigenvalue weighted by atomic mass is 35.5. The molecule has 1 unspecified atom stereocenters. The lowest BCUT2D eigenvalue weighted by molar-refractivity contribution is -0.138. The molecule has 0 amide bonds. The molecule has 1 atom stereocenters. The zero-order chi connectivity index (χ0) is 22.5. The van der Waals surface area contributed by atoms with Crippen LogP contribution in [0.5, 0.6) is 5.75 Å². The molecule has 0 aliphatic heterocycles. The molecule has 30 heavy (non-hydrogen) atoms. The summed E-state index contributed by atoms with van der Waals surface area (Å²) < 4.78 is 45.5. The van der Waals surface area contributed by atoms with Crippen LogP contribution < -0.4 is 10.1 Å². The molecule has 0 fully saturated rings. The van der Waals surface area contributed by atoms with Gasteiger partial charge in [-0.1, -0.05) is 30.1 Å². The first-order valence-electron chi connectivity index (χ1n) is 9.29. The van der Waals surface area contributed by atoms with E-state index in [2.05, 4.69) is 5.32 Å². The number of carboxylic acid groups (broad SMARTS) is 1. The Bertz CT molecular complexity index is 881. The van der Waals surface area contributed by atoms with Gasteiger partial charge in [0, 0.05) is 18.2 Å². The number of aliphatic carboxylic acids is 1. The highest BCUT2D eigenvalue weighted by Gasteiger charge is 2.31. The lowest BCUT2D eigenvalue weighted by Crippen LogP contribution is -2.15. The van der Waals surface area contributed by atoms with Crippen molar-refractivity contribution in [2.45, 2.75) is 51.9 Å². The average Bonchev–Trinajstić information content (AvgIpc) is 2.64. The second-order valence-corrected chi connectivity index (χ2v) is 7.76. The minimum absolute atomic E-state index is 0.00416. The normalized spacial score (nSPS) is 12.5. The molecule has 2 rings (SSSR count). The summed E-state index contributed by atoms with van der Waals surface area (Å²) in [6, 6.07) is 6.74. The van der Waals surface area contributed by atoms with E-state index in [-0.39, 0.29) is 41.3 Å². The number of carbonyl (C=O) groups is 1. The monoisotopic (exact) mass is 463 g/mol. The molecule has 9 heteroatoms. The van der Waals surface area contributed by atoms with Crippen LogP contribution in [0.25, 0.3) is 0 Å². The molecule has 0 heterocycles. The predicted molar refractivity (Wildman–Crippen MR) is 112 cm³/mol. The molecule has 0 bridgehead atoms. The SMILES string of the molecule is CCC(C)Nc1cc(COc2c(Cl)cc(CCC(=O)O)cc2Cl)cc(C(F)(F)F)c1. The van der Waals surface area contributed by atoms with Gasteiger partial charge >= 0.3 is 12.1 Å². The minimum atomic E-state index is -4.50. The Labute approximate surface area is 182 Å². The van der Waals surface area contributed by atoms with Gasteiger partial charge in [-0.15, -0.1) is 0 Å². The lowest BCUT2D eigenvalue weighted by atomic mass is 10.1. The number of nitrogens with one attached hydrogen (secondary N) is 1. The van der Waals surface area contributed by atoms with Crippen molar-refractivity contribution in [2.24, 2.45) is 0 Å². The molecular formula is C21H22Cl2F3NO3. The second kappa shape index (κ2) is 10.3. The third kappa shape index (κ3) is 6.99. The number of carboxylic acids is 1. The van der Waals surface area contributed by atoms with E-state index in [1.807, 2.05) is 13.8 Å². The molecule has 164 valence electrons. The molecule has 2 N–H and O–H groups in total. The third-order valence-electron chi connectivity index (χ3n) is 4.41. The molecule has 0 spiro atoms. The zero-order valence-electron chi connectivity index (χ0n) is 16.4. The van der Waals surface area contributed by atoms with Crippen molar-refractivity contribution >= 4 is 34.9 Å². The fraction of sp³-hybridized carbons (Fsp3) is 0.381. The Morgan fingerprint density at radius 3 is 2.30 bits per heavy atom. The van der Waals surface area contributed by atoms with Gasteiger partial charge in [0.25, 0.3) is 0 Å². The van der Waals surface area contributed by atoms with Gasteiger partial charge in [-0.05, 0) is 61.2 Å². The van der Waals surface area contributed by atoms with E-state index in [1.54, 1.807) is 6.07 Å². The van der Waals surface area contributed by atoms with Crippen LogP contribution in [0.15, 0.2) is 30.3 Å². The standard InChI is InChI=1S/C21H22Cl2F3NO3/c1-3-12(2)27-16-7-14(6-15(10-16)21(24,25)26)11-30-20-17(22)8-13(9-18(20)23)4-5-19(28)29/h6-10,12,27H,3-5,11H2,1-2H3,(H,28,29). The zero-order valence-corrected chi connectivity index (χ0v) is 18.0. The molecule has 2 aromatic carbocycles. The summed E-state index contributed by atoms with van der Waals surface area (Å²) in [4.78, 5) is 10.7. The van der Waals surface area contributed by atoms with E-state index < -0.39 is 17.7 Å². The Morgan fingerprint density at radius 1 is 1.13 bits per heavy atom. The summed E-state index contributed by atoms with van der Waals surface area (Å²) in [6.07, 6.45) is -3.58. The number of hydrogen-bond acceptors (Lipinski definition) is 3. The quantitative estimate of drug-likeness (QED) is 0.428. The van der Waals surface area contributed by atoms with Gasteiger partial charge in [-0.2, -0.15) is 13.2 Å². The Balaban J connectivity index is 2.23. The first-order chi connectivity index (χ1) is 14.0. The molecule has 0 saturated heterocycles. The van der Waals surface area contributed by atoms with Crippen molar-refractivity contribution in [3.05, 3.63) is 57.1 Å². The van der Waals surface area contributed by atoms with Crippen LogP contribution in [0, 0.1) is 0 Å². The van der Waals surface area contributed by atoms with Gasteiger partial charge in [0.15, 0.2) is 5.75 Å². The van der Waals surface area contributed by atoms with Crippen LogP contribution in [0.4, 0.5) is 18.9 Å². The maximum atomic E-state index is 13.3. The molecule has 4 nitrogen and oxygen atoms in total. The van der Waals surface area contributed by atoms with Gasteiger partial charge in [0.2, 0.25) is 0 Å². The average molecular weight is 464 g/mol. The number of ether oxygens (including phenoxy) is 1. The van der Waals surface area contributed by atoms with Crippen LogP contribution in [0.1, 0.15) is 43.4 Å². The fourth-order valence-corrected chi connectivity index (χ4v) is 3.35. The van der Waals surface area contributed by atoms with E-state index in [4.69, 9.17) is 33.0 Å². The van der Waals surface area contributed by atoms with Crippen molar-refractivity contribution in [3.63, 3.8) is 0 Å². The van der Waals surface area contributed by atoms with E-state index >= 15 is 0 Å². The van der Waals surface area contributed by atoms with Crippen molar-refractivity contribution in [2.75, 3.05) is 5.32 Å². The molecule has 0 aromatic heterocycles. The van der Waals surface area contributed by atoms with Gasteiger partial charge in [0.05, 0.1) is 15.6 Å². The summed E-state index contributed by atoms with van der Waals surface area (Å²) in [5, 5.41) is 12.1.